The fourth-order valence-corrected chi connectivity index (χ4v) is 6.95. The SMILES string of the molecule is O=C1OC(C2CCCCC2N=Cc2sc3c(c2O)CCCC3)NC2CCCCC12. The van der Waals surface area contributed by atoms with Gasteiger partial charge in [0, 0.05) is 28.6 Å². The lowest BCUT2D eigenvalue weighted by molar-refractivity contribution is -0.173. The number of aromatic hydroxyl groups is 1. The number of carbonyl (C=O) groups excluding carboxylic acids is 1. The molecule has 6 heteroatoms. The van der Waals surface area contributed by atoms with Crippen molar-refractivity contribution in [3.8, 4) is 5.75 Å². The summed E-state index contributed by atoms with van der Waals surface area (Å²) >= 11 is 1.70. The fourth-order valence-electron chi connectivity index (χ4n) is 5.78. The molecule has 5 rings (SSSR count). The molecule has 0 amide bonds. The molecule has 3 aliphatic carbocycles. The Morgan fingerprint density at radius 2 is 1.83 bits per heavy atom. The Balaban J connectivity index is 1.32. The van der Waals surface area contributed by atoms with Gasteiger partial charge < -0.3 is 9.84 Å². The predicted molar refractivity (Wildman–Crippen MR) is 115 cm³/mol. The van der Waals surface area contributed by atoms with E-state index in [4.69, 9.17) is 9.73 Å². The van der Waals surface area contributed by atoms with E-state index in [9.17, 15) is 9.90 Å². The van der Waals surface area contributed by atoms with E-state index in [2.05, 4.69) is 5.32 Å². The molecular weight excluding hydrogens is 384 g/mol. The van der Waals surface area contributed by atoms with Crippen molar-refractivity contribution >= 4 is 23.5 Å². The maximum atomic E-state index is 12.6. The number of cyclic esters (lactones) is 1. The number of esters is 1. The second kappa shape index (κ2) is 8.38. The minimum Gasteiger partial charge on any atom is -0.506 e. The molecule has 1 aliphatic heterocycles. The number of hydrogen-bond acceptors (Lipinski definition) is 6. The molecule has 1 saturated heterocycles. The van der Waals surface area contributed by atoms with Crippen molar-refractivity contribution in [2.45, 2.75) is 95.4 Å². The Morgan fingerprint density at radius 3 is 2.72 bits per heavy atom. The number of fused-ring (bicyclic) bond motifs is 2. The van der Waals surface area contributed by atoms with E-state index >= 15 is 0 Å². The largest absolute Gasteiger partial charge is 0.506 e. The second-order valence-electron chi connectivity index (χ2n) is 9.24. The zero-order valence-corrected chi connectivity index (χ0v) is 17.9. The summed E-state index contributed by atoms with van der Waals surface area (Å²) in [6.45, 7) is 0. The van der Waals surface area contributed by atoms with Crippen LogP contribution in [0.1, 0.15) is 79.5 Å². The van der Waals surface area contributed by atoms with Crippen LogP contribution in [0, 0.1) is 11.8 Å². The molecule has 0 bridgehead atoms. The topological polar surface area (TPSA) is 70.9 Å². The zero-order valence-electron chi connectivity index (χ0n) is 17.1. The van der Waals surface area contributed by atoms with Gasteiger partial charge in [-0.3, -0.25) is 15.1 Å². The molecule has 1 aromatic rings. The third-order valence-corrected chi connectivity index (χ3v) is 8.63. The molecule has 1 aromatic heterocycles. The van der Waals surface area contributed by atoms with Crippen LogP contribution in [0.15, 0.2) is 4.99 Å². The summed E-state index contributed by atoms with van der Waals surface area (Å²) in [5.74, 6) is 0.715. The normalized spacial score (nSPS) is 35.2. The van der Waals surface area contributed by atoms with E-state index < -0.39 is 0 Å². The lowest BCUT2D eigenvalue weighted by Crippen LogP contribution is -2.58. The van der Waals surface area contributed by atoms with Gasteiger partial charge in [-0.25, -0.2) is 0 Å². The number of hydrogen-bond donors (Lipinski definition) is 2. The lowest BCUT2D eigenvalue weighted by Gasteiger charge is -2.44. The van der Waals surface area contributed by atoms with Gasteiger partial charge in [0.1, 0.15) is 5.75 Å². The molecule has 2 saturated carbocycles. The van der Waals surface area contributed by atoms with E-state index in [1.165, 1.54) is 30.6 Å². The van der Waals surface area contributed by atoms with Crippen molar-refractivity contribution in [1.29, 1.82) is 0 Å². The number of aryl methyl sites for hydroxylation is 1. The first-order chi connectivity index (χ1) is 14.2. The third-order valence-electron chi connectivity index (χ3n) is 7.41. The van der Waals surface area contributed by atoms with E-state index in [1.54, 1.807) is 11.3 Å². The molecule has 29 heavy (non-hydrogen) atoms. The lowest BCUT2D eigenvalue weighted by atomic mass is 9.79. The van der Waals surface area contributed by atoms with Crippen molar-refractivity contribution in [2.24, 2.45) is 16.8 Å². The van der Waals surface area contributed by atoms with Gasteiger partial charge in [-0.1, -0.05) is 25.7 Å². The maximum absolute atomic E-state index is 12.6. The molecule has 5 unspecified atom stereocenters. The molecule has 0 aromatic carbocycles. The third kappa shape index (κ3) is 3.86. The van der Waals surface area contributed by atoms with Crippen molar-refractivity contribution in [3.05, 3.63) is 15.3 Å². The second-order valence-corrected chi connectivity index (χ2v) is 10.4. The predicted octanol–water partition coefficient (Wildman–Crippen LogP) is 4.34. The number of nitrogens with zero attached hydrogens (tertiary/aromatic N) is 1. The highest BCUT2D eigenvalue weighted by Crippen LogP contribution is 2.39. The van der Waals surface area contributed by atoms with Gasteiger partial charge in [0.15, 0.2) is 6.23 Å². The van der Waals surface area contributed by atoms with Crippen molar-refractivity contribution < 1.29 is 14.6 Å². The van der Waals surface area contributed by atoms with Crippen LogP contribution in [0.4, 0.5) is 0 Å². The average Bonchev–Trinajstić information content (AvgIpc) is 3.08. The van der Waals surface area contributed by atoms with E-state index in [0.29, 0.717) is 5.75 Å². The van der Waals surface area contributed by atoms with E-state index in [0.717, 1.165) is 61.8 Å². The van der Waals surface area contributed by atoms with Gasteiger partial charge >= 0.3 is 5.97 Å². The van der Waals surface area contributed by atoms with Crippen LogP contribution in [-0.4, -0.2) is 35.6 Å². The number of aliphatic imine (C=N–C) groups is 1. The van der Waals surface area contributed by atoms with Crippen LogP contribution in [0.2, 0.25) is 0 Å². The molecule has 2 N–H and O–H groups in total. The molecular formula is C23H32N2O3S. The summed E-state index contributed by atoms with van der Waals surface area (Å²) in [5.41, 5.74) is 1.15. The molecule has 0 radical (unpaired) electrons. The highest BCUT2D eigenvalue weighted by atomic mass is 32.1. The van der Waals surface area contributed by atoms with Crippen LogP contribution in [-0.2, 0) is 22.4 Å². The van der Waals surface area contributed by atoms with Gasteiger partial charge in [0.05, 0.1) is 16.8 Å². The maximum Gasteiger partial charge on any atom is 0.312 e. The Bertz CT molecular complexity index is 789. The summed E-state index contributed by atoms with van der Waals surface area (Å²) in [6.07, 6.45) is 14.9. The fraction of sp³-hybridized carbons (Fsp3) is 0.739. The number of nitrogens with one attached hydrogen (secondary N) is 1. The highest BCUT2D eigenvalue weighted by Gasteiger charge is 2.44. The van der Waals surface area contributed by atoms with Gasteiger partial charge in [-0.2, -0.15) is 0 Å². The number of carbonyl (C=O) groups is 1. The highest BCUT2D eigenvalue weighted by molar-refractivity contribution is 7.14. The quantitative estimate of drug-likeness (QED) is 0.568. The summed E-state index contributed by atoms with van der Waals surface area (Å²) in [6, 6.07) is 0.419. The smallest absolute Gasteiger partial charge is 0.312 e. The monoisotopic (exact) mass is 416 g/mol. The Hall–Kier alpha value is -1.40. The van der Waals surface area contributed by atoms with Crippen LogP contribution >= 0.6 is 11.3 Å². The standard InChI is InChI=1S/C23H32N2O3S/c26-21-16-9-3-6-12-19(16)29-20(21)13-24-17-10-4-1-7-14(17)22-25-18-11-5-2-8-15(18)23(27)28-22/h13-15,17-18,22,25-26H,1-12H2. The number of ether oxygens (including phenoxy) is 1. The zero-order chi connectivity index (χ0) is 19.8. The molecule has 3 fully saturated rings. The van der Waals surface area contributed by atoms with Crippen molar-refractivity contribution in [1.82, 2.24) is 5.32 Å². The summed E-state index contributed by atoms with van der Waals surface area (Å²) < 4.78 is 5.90. The Kier molecular flexibility index (Phi) is 5.65. The minimum atomic E-state index is -0.213. The number of rotatable bonds is 3. The van der Waals surface area contributed by atoms with Crippen LogP contribution in [0.5, 0.6) is 5.75 Å². The van der Waals surface area contributed by atoms with Gasteiger partial charge in [-0.05, 0) is 51.4 Å². The molecule has 4 aliphatic rings. The first kappa shape index (κ1) is 19.6. The molecule has 0 spiro atoms. The first-order valence-electron chi connectivity index (χ1n) is 11.5. The molecule has 5 nitrogen and oxygen atoms in total. The van der Waals surface area contributed by atoms with E-state index in [1.807, 2.05) is 6.21 Å². The van der Waals surface area contributed by atoms with Gasteiger partial charge in [-0.15, -0.1) is 11.3 Å². The van der Waals surface area contributed by atoms with Crippen LogP contribution < -0.4 is 5.32 Å². The Labute approximate surface area is 176 Å². The first-order valence-corrected chi connectivity index (χ1v) is 12.4. The van der Waals surface area contributed by atoms with Gasteiger partial charge in [0.25, 0.3) is 0 Å². The summed E-state index contributed by atoms with van der Waals surface area (Å²) in [5, 5.41) is 14.3. The Morgan fingerprint density at radius 1 is 1.03 bits per heavy atom. The van der Waals surface area contributed by atoms with E-state index in [-0.39, 0.29) is 36.1 Å². The van der Waals surface area contributed by atoms with Crippen LogP contribution in [0.25, 0.3) is 0 Å². The summed E-state index contributed by atoms with van der Waals surface area (Å²) in [7, 11) is 0. The molecule has 2 heterocycles. The summed E-state index contributed by atoms with van der Waals surface area (Å²) in [4.78, 5) is 19.8. The van der Waals surface area contributed by atoms with Gasteiger partial charge in [0.2, 0.25) is 0 Å². The van der Waals surface area contributed by atoms with Crippen LogP contribution in [0.3, 0.4) is 0 Å². The molecule has 5 atom stereocenters. The minimum absolute atomic E-state index is 0.00432. The number of thiophene rings is 1. The molecule has 158 valence electrons. The average molecular weight is 417 g/mol. The van der Waals surface area contributed by atoms with Crippen molar-refractivity contribution in [3.63, 3.8) is 0 Å². The van der Waals surface area contributed by atoms with Crippen molar-refractivity contribution in [2.75, 3.05) is 0 Å².